The highest BCUT2D eigenvalue weighted by molar-refractivity contribution is 7.15. The van der Waals surface area contributed by atoms with Crippen LogP contribution < -0.4 is 10.9 Å². The Labute approximate surface area is 168 Å². The van der Waals surface area contributed by atoms with Crippen LogP contribution in [-0.2, 0) is 11.3 Å². The second-order valence-electron chi connectivity index (χ2n) is 8.08. The predicted octanol–water partition coefficient (Wildman–Crippen LogP) is 2.82. The molecule has 2 aromatic heterocycles. The maximum absolute atomic E-state index is 12.7. The standard InChI is InChI=1S/C20H26N4O3S/c1-13-14(2)28-19(21-13)22-18(27)15-6-7-16(25)24(10-15)11-17(26)23-9-5-8-20(3,4)12-23/h6-7,10H,5,8-9,11-12H2,1-4H3,(H,21,22,27). The van der Waals surface area contributed by atoms with Crippen molar-refractivity contribution in [2.75, 3.05) is 18.4 Å². The maximum Gasteiger partial charge on any atom is 0.258 e. The molecule has 28 heavy (non-hydrogen) atoms. The maximum atomic E-state index is 12.7. The van der Waals surface area contributed by atoms with Crippen LogP contribution in [0.15, 0.2) is 23.1 Å². The Morgan fingerprint density at radius 3 is 2.68 bits per heavy atom. The van der Waals surface area contributed by atoms with E-state index in [0.29, 0.717) is 23.8 Å². The minimum Gasteiger partial charge on any atom is -0.341 e. The first kappa shape index (κ1) is 20.3. The third kappa shape index (κ3) is 4.67. The molecule has 0 aromatic carbocycles. The van der Waals surface area contributed by atoms with E-state index in [1.165, 1.54) is 34.2 Å². The first-order valence-corrected chi connectivity index (χ1v) is 10.2. The Balaban J connectivity index is 1.73. The number of hydrogen-bond acceptors (Lipinski definition) is 5. The van der Waals surface area contributed by atoms with E-state index in [1.54, 1.807) is 0 Å². The van der Waals surface area contributed by atoms with Crippen LogP contribution in [-0.4, -0.2) is 39.4 Å². The van der Waals surface area contributed by atoms with Crippen LogP contribution in [0.25, 0.3) is 0 Å². The van der Waals surface area contributed by atoms with Gasteiger partial charge in [-0.2, -0.15) is 0 Å². The number of amides is 2. The van der Waals surface area contributed by atoms with E-state index in [-0.39, 0.29) is 29.3 Å². The smallest absolute Gasteiger partial charge is 0.258 e. The zero-order valence-electron chi connectivity index (χ0n) is 16.7. The Hall–Kier alpha value is -2.48. The first-order chi connectivity index (χ1) is 13.1. The van der Waals surface area contributed by atoms with Gasteiger partial charge in [0.2, 0.25) is 5.91 Å². The van der Waals surface area contributed by atoms with Crippen LogP contribution >= 0.6 is 11.3 Å². The van der Waals surface area contributed by atoms with Gasteiger partial charge in [0.05, 0.1) is 11.3 Å². The molecule has 0 atom stereocenters. The number of carbonyl (C=O) groups excluding carboxylic acids is 2. The summed E-state index contributed by atoms with van der Waals surface area (Å²) in [5.41, 5.74) is 0.976. The predicted molar refractivity (Wildman–Crippen MR) is 110 cm³/mol. The van der Waals surface area contributed by atoms with Gasteiger partial charge >= 0.3 is 0 Å². The Kier molecular flexibility index (Phi) is 5.69. The van der Waals surface area contributed by atoms with Crippen molar-refractivity contribution in [3.63, 3.8) is 0 Å². The van der Waals surface area contributed by atoms with Crippen LogP contribution in [0, 0.1) is 19.3 Å². The van der Waals surface area contributed by atoms with Crippen molar-refractivity contribution in [1.29, 1.82) is 0 Å². The molecule has 0 saturated carbocycles. The lowest BCUT2D eigenvalue weighted by Gasteiger charge is -2.38. The van der Waals surface area contributed by atoms with E-state index >= 15 is 0 Å². The summed E-state index contributed by atoms with van der Waals surface area (Å²) in [7, 11) is 0. The minimum atomic E-state index is -0.353. The summed E-state index contributed by atoms with van der Waals surface area (Å²) >= 11 is 1.40. The summed E-state index contributed by atoms with van der Waals surface area (Å²) in [6.45, 7) is 9.44. The van der Waals surface area contributed by atoms with E-state index in [9.17, 15) is 14.4 Å². The molecule has 8 heteroatoms. The van der Waals surface area contributed by atoms with Crippen LogP contribution in [0.1, 0.15) is 47.6 Å². The third-order valence-corrected chi connectivity index (χ3v) is 6.04. The van der Waals surface area contributed by atoms with E-state index in [0.717, 1.165) is 23.4 Å². The molecule has 0 radical (unpaired) electrons. The first-order valence-electron chi connectivity index (χ1n) is 9.38. The number of aryl methyl sites for hydroxylation is 2. The number of anilines is 1. The summed E-state index contributed by atoms with van der Waals surface area (Å²) in [5.74, 6) is -0.451. The van der Waals surface area contributed by atoms with Crippen LogP contribution in [0.3, 0.4) is 0 Å². The minimum absolute atomic E-state index is 0.0640. The third-order valence-electron chi connectivity index (χ3n) is 5.05. The number of carbonyl (C=O) groups is 2. The largest absolute Gasteiger partial charge is 0.341 e. The van der Waals surface area contributed by atoms with E-state index in [1.807, 2.05) is 18.7 Å². The summed E-state index contributed by atoms with van der Waals surface area (Å²) in [6.07, 6.45) is 3.49. The highest BCUT2D eigenvalue weighted by Gasteiger charge is 2.29. The molecular weight excluding hydrogens is 376 g/mol. The molecule has 2 aromatic rings. The van der Waals surface area contributed by atoms with Gasteiger partial charge in [-0.25, -0.2) is 4.98 Å². The number of aromatic nitrogens is 2. The van der Waals surface area contributed by atoms with Gasteiger partial charge in [-0.1, -0.05) is 13.8 Å². The van der Waals surface area contributed by atoms with Crippen molar-refractivity contribution in [2.45, 2.75) is 47.1 Å². The molecule has 0 aliphatic carbocycles. The zero-order chi connectivity index (χ0) is 20.5. The van der Waals surface area contributed by atoms with Crippen molar-refractivity contribution >= 4 is 28.3 Å². The number of pyridine rings is 1. The molecule has 1 N–H and O–H groups in total. The van der Waals surface area contributed by atoms with E-state index in [2.05, 4.69) is 24.1 Å². The Morgan fingerprint density at radius 2 is 2.04 bits per heavy atom. The molecule has 0 spiro atoms. The van der Waals surface area contributed by atoms with Crippen LogP contribution in [0.2, 0.25) is 0 Å². The van der Waals surface area contributed by atoms with Gasteiger partial charge in [0, 0.05) is 30.2 Å². The average Bonchev–Trinajstić information content (AvgIpc) is 2.93. The molecule has 2 amide bonds. The normalized spacial score (nSPS) is 16.1. The van der Waals surface area contributed by atoms with Gasteiger partial charge in [0.15, 0.2) is 5.13 Å². The monoisotopic (exact) mass is 402 g/mol. The van der Waals surface area contributed by atoms with Gasteiger partial charge in [0.25, 0.3) is 11.5 Å². The molecule has 3 rings (SSSR count). The molecule has 1 saturated heterocycles. The summed E-state index contributed by atoms with van der Waals surface area (Å²) in [6, 6.07) is 2.79. The molecule has 1 fully saturated rings. The lowest BCUT2D eigenvalue weighted by atomic mass is 9.84. The number of thiazole rings is 1. The topological polar surface area (TPSA) is 84.3 Å². The summed E-state index contributed by atoms with van der Waals surface area (Å²) in [5, 5.41) is 3.27. The SMILES string of the molecule is Cc1nc(NC(=O)c2ccc(=O)n(CC(=O)N3CCCC(C)(C)C3)c2)sc1C. The fraction of sp³-hybridized carbons (Fsp3) is 0.500. The van der Waals surface area contributed by atoms with Gasteiger partial charge < -0.3 is 9.47 Å². The molecule has 3 heterocycles. The number of nitrogens with zero attached hydrogens (tertiary/aromatic N) is 3. The summed E-state index contributed by atoms with van der Waals surface area (Å²) in [4.78, 5) is 44.5. The lowest BCUT2D eigenvalue weighted by molar-refractivity contribution is -0.134. The van der Waals surface area contributed by atoms with Crippen molar-refractivity contribution < 1.29 is 9.59 Å². The molecule has 0 unspecified atom stereocenters. The Morgan fingerprint density at radius 1 is 1.29 bits per heavy atom. The van der Waals surface area contributed by atoms with Crippen molar-refractivity contribution in [3.05, 3.63) is 44.8 Å². The fourth-order valence-electron chi connectivity index (χ4n) is 3.37. The van der Waals surface area contributed by atoms with Gasteiger partial charge in [-0.15, -0.1) is 11.3 Å². The molecule has 150 valence electrons. The molecule has 0 bridgehead atoms. The number of rotatable bonds is 4. The van der Waals surface area contributed by atoms with Crippen molar-refractivity contribution in [3.8, 4) is 0 Å². The number of likely N-dealkylation sites (tertiary alicyclic amines) is 1. The number of nitrogens with one attached hydrogen (secondary N) is 1. The lowest BCUT2D eigenvalue weighted by Crippen LogP contribution is -2.45. The van der Waals surface area contributed by atoms with E-state index in [4.69, 9.17) is 0 Å². The number of hydrogen-bond donors (Lipinski definition) is 1. The fourth-order valence-corrected chi connectivity index (χ4v) is 4.18. The van der Waals surface area contributed by atoms with Gasteiger partial charge in [0.1, 0.15) is 6.54 Å². The quantitative estimate of drug-likeness (QED) is 0.852. The molecule has 1 aliphatic rings. The van der Waals surface area contributed by atoms with Gasteiger partial charge in [-0.05, 0) is 38.2 Å². The zero-order valence-corrected chi connectivity index (χ0v) is 17.6. The highest BCUT2D eigenvalue weighted by Crippen LogP contribution is 2.28. The molecule has 1 aliphatic heterocycles. The van der Waals surface area contributed by atoms with Crippen molar-refractivity contribution in [2.24, 2.45) is 5.41 Å². The van der Waals surface area contributed by atoms with Crippen LogP contribution in [0.4, 0.5) is 5.13 Å². The van der Waals surface area contributed by atoms with Gasteiger partial charge in [-0.3, -0.25) is 19.7 Å². The second-order valence-corrected chi connectivity index (χ2v) is 9.28. The molecular formula is C20H26N4O3S. The average molecular weight is 403 g/mol. The highest BCUT2D eigenvalue weighted by atomic mass is 32.1. The van der Waals surface area contributed by atoms with Crippen molar-refractivity contribution in [1.82, 2.24) is 14.5 Å². The molecule has 7 nitrogen and oxygen atoms in total. The van der Waals surface area contributed by atoms with E-state index < -0.39 is 0 Å². The summed E-state index contributed by atoms with van der Waals surface area (Å²) < 4.78 is 1.30. The second kappa shape index (κ2) is 7.87. The number of piperidine rings is 1. The van der Waals surface area contributed by atoms with Crippen LogP contribution in [0.5, 0.6) is 0 Å². The Bertz CT molecular complexity index is 941.